The number of aromatic nitrogens is 2. The zero-order valence-corrected chi connectivity index (χ0v) is 17.7. The Labute approximate surface area is 170 Å². The van der Waals surface area contributed by atoms with Crippen LogP contribution in [0.25, 0.3) is 21.3 Å². The molecule has 1 N–H and O–H groups in total. The molecule has 0 saturated carbocycles. The highest BCUT2D eigenvalue weighted by Gasteiger charge is 2.23. The second kappa shape index (κ2) is 7.80. The van der Waals surface area contributed by atoms with E-state index in [1.165, 1.54) is 16.0 Å². The summed E-state index contributed by atoms with van der Waals surface area (Å²) in [4.78, 5) is 13.9. The van der Waals surface area contributed by atoms with Gasteiger partial charge in [0.1, 0.15) is 10.6 Å². The summed E-state index contributed by atoms with van der Waals surface area (Å²) in [5.41, 5.74) is 2.46. The van der Waals surface area contributed by atoms with E-state index in [4.69, 9.17) is 11.6 Å². The van der Waals surface area contributed by atoms with Crippen LogP contribution in [0.2, 0.25) is 5.28 Å². The van der Waals surface area contributed by atoms with Gasteiger partial charge in [0.05, 0.1) is 5.39 Å². The number of nitrogens with one attached hydrogen (secondary N) is 1. The lowest BCUT2D eigenvalue weighted by Crippen LogP contribution is -2.28. The average molecular weight is 452 g/mol. The van der Waals surface area contributed by atoms with Crippen LogP contribution in [-0.2, 0) is 6.42 Å². The van der Waals surface area contributed by atoms with E-state index in [1.807, 2.05) is 0 Å². The second-order valence-corrected chi connectivity index (χ2v) is 8.69. The Kier molecular flexibility index (Phi) is 5.45. The first-order valence-electron chi connectivity index (χ1n) is 8.88. The molecule has 1 fully saturated rings. The van der Waals surface area contributed by atoms with Crippen molar-refractivity contribution in [2.75, 3.05) is 31.1 Å². The first-order valence-corrected chi connectivity index (χ1v) is 10.9. The first kappa shape index (κ1) is 18.2. The molecule has 0 aliphatic carbocycles. The van der Waals surface area contributed by atoms with Crippen LogP contribution in [0.1, 0.15) is 18.2 Å². The molecule has 0 amide bonds. The number of halogens is 2. The summed E-state index contributed by atoms with van der Waals surface area (Å²) < 4.78 is 1.08. The maximum Gasteiger partial charge on any atom is 0.225 e. The van der Waals surface area contributed by atoms with Crippen LogP contribution in [0.5, 0.6) is 0 Å². The molecule has 3 heterocycles. The van der Waals surface area contributed by atoms with Gasteiger partial charge in [-0.25, -0.2) is 4.98 Å². The number of hydrogen-bond acceptors (Lipinski definition) is 5. The Morgan fingerprint density at radius 3 is 2.77 bits per heavy atom. The van der Waals surface area contributed by atoms with Crippen LogP contribution in [0.3, 0.4) is 0 Å². The minimum Gasteiger partial charge on any atom is -0.355 e. The van der Waals surface area contributed by atoms with E-state index in [1.54, 1.807) is 11.3 Å². The summed E-state index contributed by atoms with van der Waals surface area (Å²) in [5, 5.41) is 4.93. The van der Waals surface area contributed by atoms with Crippen molar-refractivity contribution in [3.05, 3.63) is 38.9 Å². The van der Waals surface area contributed by atoms with Crippen LogP contribution >= 0.6 is 38.9 Å². The van der Waals surface area contributed by atoms with Crippen LogP contribution in [0, 0.1) is 0 Å². The predicted molar refractivity (Wildman–Crippen MR) is 115 cm³/mol. The van der Waals surface area contributed by atoms with E-state index in [0.717, 1.165) is 59.5 Å². The van der Waals surface area contributed by atoms with Crippen molar-refractivity contribution >= 4 is 54.9 Å². The van der Waals surface area contributed by atoms with Crippen molar-refractivity contribution < 1.29 is 0 Å². The topological polar surface area (TPSA) is 41.1 Å². The predicted octanol–water partition coefficient (Wildman–Crippen LogP) is 5.14. The molecule has 1 aromatic carbocycles. The maximum absolute atomic E-state index is 6.29. The highest BCUT2D eigenvalue weighted by molar-refractivity contribution is 9.10. The fourth-order valence-electron chi connectivity index (χ4n) is 3.46. The van der Waals surface area contributed by atoms with Crippen LogP contribution in [0.4, 0.5) is 5.82 Å². The summed E-state index contributed by atoms with van der Waals surface area (Å²) in [7, 11) is 0. The molecule has 1 aliphatic heterocycles. The maximum atomic E-state index is 6.29. The van der Waals surface area contributed by atoms with Gasteiger partial charge in [-0.1, -0.05) is 35.0 Å². The summed E-state index contributed by atoms with van der Waals surface area (Å²) in [6.07, 6.45) is 2.06. The van der Waals surface area contributed by atoms with Gasteiger partial charge in [0, 0.05) is 34.5 Å². The average Bonchev–Trinajstić information content (AvgIpc) is 2.81. The molecular formula is C19H20BrClN4S. The van der Waals surface area contributed by atoms with E-state index >= 15 is 0 Å². The first-order chi connectivity index (χ1) is 12.7. The van der Waals surface area contributed by atoms with Crippen molar-refractivity contribution in [2.45, 2.75) is 19.8 Å². The quantitative estimate of drug-likeness (QED) is 0.560. The smallest absolute Gasteiger partial charge is 0.225 e. The van der Waals surface area contributed by atoms with Gasteiger partial charge in [-0.15, -0.1) is 11.3 Å². The van der Waals surface area contributed by atoms with Crippen LogP contribution in [-0.4, -0.2) is 36.1 Å². The van der Waals surface area contributed by atoms with Crippen molar-refractivity contribution in [3.63, 3.8) is 0 Å². The number of anilines is 1. The van der Waals surface area contributed by atoms with Gasteiger partial charge in [-0.2, -0.15) is 4.98 Å². The number of aryl methyl sites for hydroxylation is 1. The highest BCUT2D eigenvalue weighted by atomic mass is 79.9. The van der Waals surface area contributed by atoms with E-state index in [-0.39, 0.29) is 0 Å². The minimum atomic E-state index is 0.330. The van der Waals surface area contributed by atoms with Gasteiger partial charge in [0.2, 0.25) is 5.28 Å². The summed E-state index contributed by atoms with van der Waals surface area (Å²) >= 11 is 11.6. The number of fused-ring (bicyclic) bond motifs is 1. The van der Waals surface area contributed by atoms with Crippen molar-refractivity contribution in [1.29, 1.82) is 0 Å². The summed E-state index contributed by atoms with van der Waals surface area (Å²) in [6, 6.07) is 8.50. The van der Waals surface area contributed by atoms with E-state index < -0.39 is 0 Å². The zero-order chi connectivity index (χ0) is 18.1. The third-order valence-corrected chi connectivity index (χ3v) is 6.60. The Morgan fingerprint density at radius 1 is 1.19 bits per heavy atom. The zero-order valence-electron chi connectivity index (χ0n) is 14.6. The van der Waals surface area contributed by atoms with Crippen molar-refractivity contribution in [1.82, 2.24) is 15.3 Å². The highest BCUT2D eigenvalue weighted by Crippen LogP contribution is 2.43. The Bertz CT molecular complexity index is 917. The molecule has 2 aromatic heterocycles. The molecule has 3 aromatic rings. The molecular weight excluding hydrogens is 432 g/mol. The normalized spacial score (nSPS) is 15.4. The molecule has 1 aliphatic rings. The number of benzene rings is 1. The fourth-order valence-corrected chi connectivity index (χ4v) is 5.07. The molecule has 26 heavy (non-hydrogen) atoms. The number of hydrogen-bond donors (Lipinski definition) is 1. The van der Waals surface area contributed by atoms with Crippen LogP contribution in [0.15, 0.2) is 28.7 Å². The number of thiophene rings is 1. The molecule has 0 radical (unpaired) electrons. The molecule has 0 spiro atoms. The number of nitrogens with zero attached hydrogens (tertiary/aromatic N) is 3. The third kappa shape index (κ3) is 3.48. The molecule has 4 rings (SSSR count). The van der Waals surface area contributed by atoms with Gasteiger partial charge < -0.3 is 10.2 Å². The van der Waals surface area contributed by atoms with Crippen LogP contribution < -0.4 is 10.2 Å². The minimum absolute atomic E-state index is 0.330. The van der Waals surface area contributed by atoms with Gasteiger partial charge in [0.25, 0.3) is 0 Å². The van der Waals surface area contributed by atoms with Gasteiger partial charge >= 0.3 is 0 Å². The molecule has 4 nitrogen and oxygen atoms in total. The fraction of sp³-hybridized carbons (Fsp3) is 0.368. The molecule has 1 saturated heterocycles. The second-order valence-electron chi connectivity index (χ2n) is 6.35. The molecule has 7 heteroatoms. The van der Waals surface area contributed by atoms with E-state index in [9.17, 15) is 0 Å². The summed E-state index contributed by atoms with van der Waals surface area (Å²) in [5.74, 6) is 0.970. The lowest BCUT2D eigenvalue weighted by molar-refractivity contribution is 0.724. The molecule has 0 atom stereocenters. The summed E-state index contributed by atoms with van der Waals surface area (Å²) in [6.45, 7) is 6.10. The number of rotatable bonds is 3. The molecule has 0 bridgehead atoms. The van der Waals surface area contributed by atoms with Crippen molar-refractivity contribution in [3.8, 4) is 11.1 Å². The monoisotopic (exact) mass is 450 g/mol. The molecule has 136 valence electrons. The standard InChI is InChI=1S/C19H20BrClN4S/c1-2-14-15(12-4-6-13(20)7-5-12)16-17(23-19(21)24-18(16)26-14)25-10-3-8-22-9-11-25/h4-7,22H,2-3,8-11H2,1H3. The van der Waals surface area contributed by atoms with E-state index in [0.29, 0.717) is 5.28 Å². The van der Waals surface area contributed by atoms with E-state index in [2.05, 4.69) is 67.3 Å². The van der Waals surface area contributed by atoms with Crippen molar-refractivity contribution in [2.24, 2.45) is 0 Å². The molecule has 0 unspecified atom stereocenters. The van der Waals surface area contributed by atoms with Gasteiger partial charge in [-0.3, -0.25) is 0 Å². The van der Waals surface area contributed by atoms with Gasteiger partial charge in [-0.05, 0) is 48.7 Å². The lowest BCUT2D eigenvalue weighted by atomic mass is 10.0. The van der Waals surface area contributed by atoms with Gasteiger partial charge in [0.15, 0.2) is 0 Å². The third-order valence-electron chi connectivity index (χ3n) is 4.67. The SMILES string of the molecule is CCc1sc2nc(Cl)nc(N3CCCNCC3)c2c1-c1ccc(Br)cc1. The Hall–Kier alpha value is -1.21. The lowest BCUT2D eigenvalue weighted by Gasteiger charge is -2.22. The Balaban J connectivity index is 1.96. The Morgan fingerprint density at radius 2 is 2.00 bits per heavy atom. The largest absolute Gasteiger partial charge is 0.355 e.